The first-order chi connectivity index (χ1) is 19.1. The maximum absolute atomic E-state index is 8.27. The monoisotopic (exact) mass is 643 g/mol. The highest BCUT2D eigenvalue weighted by atomic mass is 35.6. The number of fused-ring (bicyclic) bond motifs is 1. The summed E-state index contributed by atoms with van der Waals surface area (Å²) in [4.78, 5) is 0. The lowest BCUT2D eigenvalue weighted by Gasteiger charge is -2.58. The Morgan fingerprint density at radius 1 is 0.829 bits per heavy atom. The van der Waals surface area contributed by atoms with Gasteiger partial charge in [0.15, 0.2) is 0 Å². The van der Waals surface area contributed by atoms with Crippen LogP contribution in [-0.2, 0) is 41.0 Å². The van der Waals surface area contributed by atoms with Gasteiger partial charge in [-0.05, 0) is 11.1 Å². The van der Waals surface area contributed by atoms with E-state index in [9.17, 15) is 0 Å². The van der Waals surface area contributed by atoms with Crippen LogP contribution in [-0.4, -0.2) is 55.6 Å². The minimum atomic E-state index is -2.91. The van der Waals surface area contributed by atoms with E-state index in [1.165, 1.54) is 0 Å². The van der Waals surface area contributed by atoms with Gasteiger partial charge in [-0.2, -0.15) is 0 Å². The van der Waals surface area contributed by atoms with Crippen molar-refractivity contribution >= 4 is 49.3 Å². The van der Waals surface area contributed by atoms with E-state index in [4.69, 9.17) is 68.0 Å². The summed E-state index contributed by atoms with van der Waals surface area (Å²) in [6.07, 6.45) is -3.68. The second-order valence-electron chi connectivity index (χ2n) is 12.5. The fourth-order valence-corrected chi connectivity index (χ4v) is 10.8. The quantitative estimate of drug-likeness (QED) is 0.144. The van der Waals surface area contributed by atoms with Gasteiger partial charge >= 0.3 is 8.56 Å². The highest BCUT2D eigenvalue weighted by Gasteiger charge is 2.65. The van der Waals surface area contributed by atoms with Gasteiger partial charge in [0.05, 0.1) is 19.8 Å². The van der Waals surface area contributed by atoms with Crippen LogP contribution in [0.15, 0.2) is 60.7 Å². The van der Waals surface area contributed by atoms with E-state index in [-0.39, 0.29) is 23.3 Å². The summed E-state index contributed by atoms with van der Waals surface area (Å²) in [5, 5.41) is 7.76. The molecule has 0 amide bonds. The highest BCUT2D eigenvalue weighted by molar-refractivity contribution is 6.76. The predicted octanol–water partition coefficient (Wildman–Crippen LogP) is 7.70. The zero-order valence-electron chi connectivity index (χ0n) is 24.4. The number of benzene rings is 2. The van der Waals surface area contributed by atoms with Gasteiger partial charge in [0.25, 0.3) is 3.79 Å². The van der Waals surface area contributed by atoms with Crippen molar-refractivity contribution in [3.05, 3.63) is 71.8 Å². The van der Waals surface area contributed by atoms with Crippen LogP contribution in [0.4, 0.5) is 0 Å². The first-order valence-corrected chi connectivity index (χ1v) is 16.7. The fourth-order valence-electron chi connectivity index (χ4n) is 5.67. The van der Waals surface area contributed by atoms with Crippen LogP contribution < -0.4 is 0 Å². The lowest BCUT2D eigenvalue weighted by molar-refractivity contribution is -0.311. The summed E-state index contributed by atoms with van der Waals surface area (Å²) >= 11 is 18.0. The molecule has 0 radical (unpaired) electrons. The number of halogens is 3. The first kappa shape index (κ1) is 32.7. The molecular weight excluding hydrogens is 605 g/mol. The zero-order valence-corrected chi connectivity index (χ0v) is 27.6. The summed E-state index contributed by atoms with van der Waals surface area (Å²) in [6.45, 7) is 13.8. The van der Waals surface area contributed by atoms with Crippen LogP contribution in [0.2, 0.25) is 10.1 Å². The molecule has 0 aliphatic carbocycles. The molecule has 1 N–H and O–H groups in total. The topological polar surface area (TPSA) is 79.2 Å². The smallest absolute Gasteiger partial charge is 0.349 e. The van der Waals surface area contributed by atoms with Crippen molar-refractivity contribution in [2.45, 2.75) is 99.3 Å². The Bertz CT molecular complexity index is 1140. The molecule has 0 bridgehead atoms. The molecule has 41 heavy (non-hydrogen) atoms. The predicted molar refractivity (Wildman–Crippen MR) is 164 cm³/mol. The molecule has 2 saturated heterocycles. The van der Waals surface area contributed by atoms with E-state index in [0.29, 0.717) is 6.61 Å². The zero-order chi connectivity index (χ0) is 30.1. The normalized spacial score (nSPS) is 26.7. The summed E-state index contributed by atoms with van der Waals surface area (Å²) in [5.41, 5.74) is 1.94. The number of hydrogen-bond donors (Lipinski definition) is 1. The standard InChI is InChI=1S/C30H40Cl3NO6Si/c1-28(2,3)41(29(4,5)6)37-19-22-23(40-41)24(35-17-20-13-9-7-10-14-20)25(36-18-21-15-11-8-12-16-21)26(38-22)39-27(34)30(31,32)33/h7-16,22-26,34H,17-19H2,1-6H3/t22-,23+,24+,25-,26-/m1/s1. The van der Waals surface area contributed by atoms with Crippen molar-refractivity contribution in [1.29, 1.82) is 5.41 Å². The van der Waals surface area contributed by atoms with Crippen LogP contribution in [0.1, 0.15) is 52.7 Å². The molecule has 2 fully saturated rings. The molecule has 2 aromatic rings. The summed E-state index contributed by atoms with van der Waals surface area (Å²) in [5.74, 6) is -0.577. The van der Waals surface area contributed by atoms with Crippen LogP contribution in [0.3, 0.4) is 0 Å². The van der Waals surface area contributed by atoms with E-state index in [0.717, 1.165) is 11.1 Å². The number of alkyl halides is 3. The van der Waals surface area contributed by atoms with Crippen molar-refractivity contribution in [2.24, 2.45) is 0 Å². The SMILES string of the molecule is CC(C)(C)[Si]1(C(C)(C)C)OC[C@H]2O[C@H](OC(=N)C(Cl)(Cl)Cl)[C@H](OCc3ccccc3)[C@@H](OCc3ccccc3)[C@H]2O1. The lowest BCUT2D eigenvalue weighted by atomic mass is 9.98. The van der Waals surface area contributed by atoms with Gasteiger partial charge in [-0.3, -0.25) is 5.41 Å². The molecular formula is C30H40Cl3NO6Si. The molecule has 0 spiro atoms. The summed E-state index contributed by atoms with van der Waals surface area (Å²) in [6, 6.07) is 19.6. The Morgan fingerprint density at radius 2 is 1.32 bits per heavy atom. The third-order valence-electron chi connectivity index (χ3n) is 7.38. The molecule has 7 nitrogen and oxygen atoms in total. The molecule has 226 valence electrons. The molecule has 11 heteroatoms. The largest absolute Gasteiger partial charge is 0.445 e. The molecule has 5 atom stereocenters. The molecule has 0 unspecified atom stereocenters. The molecule has 2 heterocycles. The van der Waals surface area contributed by atoms with Crippen molar-refractivity contribution in [3.8, 4) is 0 Å². The van der Waals surface area contributed by atoms with Crippen molar-refractivity contribution < 1.29 is 27.8 Å². The van der Waals surface area contributed by atoms with E-state index in [1.54, 1.807) is 0 Å². The third kappa shape index (κ3) is 7.48. The van der Waals surface area contributed by atoms with Gasteiger partial charge in [0.1, 0.15) is 24.4 Å². The van der Waals surface area contributed by atoms with Gasteiger partial charge in [-0.25, -0.2) is 0 Å². The Labute approximate surface area is 259 Å². The van der Waals surface area contributed by atoms with Crippen molar-refractivity contribution in [1.82, 2.24) is 0 Å². The summed E-state index contributed by atoms with van der Waals surface area (Å²) in [7, 11) is -2.91. The molecule has 0 aromatic heterocycles. The minimum absolute atomic E-state index is 0.246. The van der Waals surface area contributed by atoms with Gasteiger partial charge in [0.2, 0.25) is 12.2 Å². The van der Waals surface area contributed by atoms with E-state index in [1.807, 2.05) is 60.7 Å². The van der Waals surface area contributed by atoms with E-state index < -0.39 is 49.0 Å². The fraction of sp³-hybridized carbons (Fsp3) is 0.567. The van der Waals surface area contributed by atoms with E-state index in [2.05, 4.69) is 41.5 Å². The van der Waals surface area contributed by atoms with E-state index >= 15 is 0 Å². The second-order valence-corrected chi connectivity index (χ2v) is 19.6. The number of nitrogens with one attached hydrogen (secondary N) is 1. The molecule has 2 aromatic carbocycles. The first-order valence-electron chi connectivity index (χ1n) is 13.7. The van der Waals surface area contributed by atoms with Crippen LogP contribution in [0, 0.1) is 5.41 Å². The Morgan fingerprint density at radius 3 is 1.78 bits per heavy atom. The highest BCUT2D eigenvalue weighted by Crippen LogP contribution is 2.55. The van der Waals surface area contributed by atoms with Crippen LogP contribution in [0.5, 0.6) is 0 Å². The molecule has 0 saturated carbocycles. The van der Waals surface area contributed by atoms with Gasteiger partial charge in [-0.15, -0.1) is 0 Å². The number of rotatable bonds is 7. The van der Waals surface area contributed by atoms with Crippen molar-refractivity contribution in [2.75, 3.05) is 6.61 Å². The Balaban J connectivity index is 1.73. The van der Waals surface area contributed by atoms with Crippen LogP contribution in [0.25, 0.3) is 0 Å². The molecule has 4 rings (SSSR count). The average molecular weight is 645 g/mol. The third-order valence-corrected chi connectivity index (χ3v) is 13.0. The van der Waals surface area contributed by atoms with Gasteiger partial charge < -0.3 is 27.8 Å². The number of hydrogen-bond acceptors (Lipinski definition) is 7. The van der Waals surface area contributed by atoms with Crippen molar-refractivity contribution in [3.63, 3.8) is 0 Å². The maximum Gasteiger partial charge on any atom is 0.349 e. The van der Waals surface area contributed by atoms with Gasteiger partial charge in [0, 0.05) is 10.1 Å². The maximum atomic E-state index is 8.27. The molecule has 2 aliphatic heterocycles. The Hall–Kier alpha value is -1.20. The Kier molecular flexibility index (Phi) is 10.2. The molecule has 2 aliphatic rings. The second kappa shape index (κ2) is 12.8. The minimum Gasteiger partial charge on any atom is -0.445 e. The van der Waals surface area contributed by atoms with Crippen LogP contribution >= 0.6 is 34.8 Å². The lowest BCUT2D eigenvalue weighted by Crippen LogP contribution is -2.72. The van der Waals surface area contributed by atoms with Gasteiger partial charge in [-0.1, -0.05) is 137 Å². The summed E-state index contributed by atoms with van der Waals surface area (Å²) < 4.78 is 37.0. The average Bonchev–Trinajstić information content (AvgIpc) is 2.90. The number of ether oxygens (including phenoxy) is 4.